The van der Waals surface area contributed by atoms with Crippen LogP contribution in [0.1, 0.15) is 32.0 Å². The first-order valence-corrected chi connectivity index (χ1v) is 14.0. The van der Waals surface area contributed by atoms with Crippen LogP contribution in [0.4, 0.5) is 10.1 Å². The molecular formula is C30H23Cl2FN6O4. The van der Waals surface area contributed by atoms with Crippen molar-refractivity contribution in [3.63, 3.8) is 0 Å². The Morgan fingerprint density at radius 1 is 0.930 bits per heavy atom. The number of benzene rings is 3. The van der Waals surface area contributed by atoms with Gasteiger partial charge >= 0.3 is 0 Å². The summed E-state index contributed by atoms with van der Waals surface area (Å²) in [4.78, 5) is 55.0. The van der Waals surface area contributed by atoms with Crippen LogP contribution in [0.5, 0.6) is 0 Å². The maximum atomic E-state index is 15.9. The predicted molar refractivity (Wildman–Crippen MR) is 155 cm³/mol. The zero-order valence-corrected chi connectivity index (χ0v) is 23.9. The van der Waals surface area contributed by atoms with Crippen molar-refractivity contribution >= 4 is 52.5 Å². The van der Waals surface area contributed by atoms with Gasteiger partial charge in [-0.25, -0.2) is 9.07 Å². The summed E-state index contributed by atoms with van der Waals surface area (Å²) < 4.78 is 17.1. The third-order valence-electron chi connectivity index (χ3n) is 7.34. The number of halogens is 3. The predicted octanol–water partition coefficient (Wildman–Crippen LogP) is 4.14. The van der Waals surface area contributed by atoms with E-state index in [9.17, 15) is 19.2 Å². The summed E-state index contributed by atoms with van der Waals surface area (Å²) in [6, 6.07) is 18.8. The summed E-state index contributed by atoms with van der Waals surface area (Å²) in [5.74, 6) is -2.15. The Bertz CT molecular complexity index is 1700. The number of nitrogens with one attached hydrogen (secondary N) is 1. The van der Waals surface area contributed by atoms with E-state index in [4.69, 9.17) is 23.2 Å². The Morgan fingerprint density at radius 3 is 2.16 bits per heavy atom. The molecule has 43 heavy (non-hydrogen) atoms. The molecule has 0 radical (unpaired) electrons. The summed E-state index contributed by atoms with van der Waals surface area (Å²) in [6.45, 7) is -0.965. The van der Waals surface area contributed by atoms with E-state index >= 15 is 4.39 Å². The lowest BCUT2D eigenvalue weighted by atomic mass is 9.91. The molecule has 0 bridgehead atoms. The fourth-order valence-electron chi connectivity index (χ4n) is 5.26. The molecule has 3 heterocycles. The first kappa shape index (κ1) is 28.5. The van der Waals surface area contributed by atoms with Crippen LogP contribution in [0.25, 0.3) is 0 Å². The molecule has 1 saturated heterocycles. The summed E-state index contributed by atoms with van der Waals surface area (Å²) >= 11 is 11.9. The number of aromatic nitrogens is 3. The second kappa shape index (κ2) is 11.2. The SMILES string of the molecule is O=C(Cn1cc(C2(F)CN(C(=O)C(Cc3ccccc3)N3C(=O)c4ccccc4C3=O)C2)nn1)Nc1cc(Cl)cc(Cl)c1. The summed E-state index contributed by atoms with van der Waals surface area (Å²) in [5, 5.41) is 11.1. The molecule has 0 aliphatic carbocycles. The Hall–Kier alpha value is -4.61. The highest BCUT2D eigenvalue weighted by molar-refractivity contribution is 6.35. The monoisotopic (exact) mass is 620 g/mol. The maximum Gasteiger partial charge on any atom is 0.262 e. The molecule has 3 aromatic carbocycles. The van der Waals surface area contributed by atoms with E-state index in [2.05, 4.69) is 15.6 Å². The van der Waals surface area contributed by atoms with Crippen LogP contribution in [0.15, 0.2) is 79.0 Å². The molecule has 0 spiro atoms. The smallest absolute Gasteiger partial charge is 0.262 e. The van der Waals surface area contributed by atoms with Gasteiger partial charge in [0, 0.05) is 22.2 Å². The van der Waals surface area contributed by atoms with E-state index in [-0.39, 0.29) is 42.9 Å². The third-order valence-corrected chi connectivity index (χ3v) is 7.77. The van der Waals surface area contributed by atoms with Crippen molar-refractivity contribution in [2.45, 2.75) is 24.7 Å². The number of hydrogen-bond acceptors (Lipinski definition) is 6. The standard InChI is InChI=1S/C30H23Cl2FN6O4/c31-19-11-20(32)13-21(12-19)34-26(40)15-38-14-25(35-36-38)30(33)16-37(17-30)29(43)24(10-18-6-2-1-3-7-18)39-27(41)22-8-4-5-9-23(22)28(39)42/h1-9,11-14,24H,10,15-17H2,(H,34,40). The Balaban J connectivity index is 1.15. The quantitative estimate of drug-likeness (QED) is 0.296. The maximum absolute atomic E-state index is 15.9. The first-order valence-electron chi connectivity index (χ1n) is 13.3. The molecule has 1 aromatic heterocycles. The van der Waals surface area contributed by atoms with Crippen LogP contribution >= 0.6 is 23.2 Å². The number of fused-ring (bicyclic) bond motifs is 1. The first-order chi connectivity index (χ1) is 20.6. The molecule has 1 fully saturated rings. The average Bonchev–Trinajstić information content (AvgIpc) is 3.52. The van der Waals surface area contributed by atoms with Crippen LogP contribution < -0.4 is 5.32 Å². The van der Waals surface area contributed by atoms with E-state index in [0.29, 0.717) is 15.7 Å². The molecule has 10 nitrogen and oxygen atoms in total. The van der Waals surface area contributed by atoms with Gasteiger partial charge in [-0.05, 0) is 35.9 Å². The molecule has 218 valence electrons. The van der Waals surface area contributed by atoms with Gasteiger partial charge in [-0.2, -0.15) is 0 Å². The van der Waals surface area contributed by atoms with Gasteiger partial charge in [0.15, 0.2) is 5.67 Å². The molecule has 2 aliphatic rings. The molecule has 2 aliphatic heterocycles. The normalized spacial score (nSPS) is 16.1. The third kappa shape index (κ3) is 5.61. The van der Waals surface area contributed by atoms with Crippen molar-refractivity contribution < 1.29 is 23.6 Å². The number of rotatable bonds is 8. The van der Waals surface area contributed by atoms with E-state index in [1.165, 1.54) is 34.0 Å². The molecular weight excluding hydrogens is 598 g/mol. The second-order valence-corrected chi connectivity index (χ2v) is 11.3. The summed E-state index contributed by atoms with van der Waals surface area (Å²) in [5.41, 5.74) is -0.492. The van der Waals surface area contributed by atoms with Crippen molar-refractivity contribution in [1.29, 1.82) is 0 Å². The zero-order valence-electron chi connectivity index (χ0n) is 22.4. The van der Waals surface area contributed by atoms with Crippen molar-refractivity contribution in [3.8, 4) is 0 Å². The lowest BCUT2D eigenvalue weighted by Gasteiger charge is -2.45. The number of nitrogens with zero attached hydrogens (tertiary/aromatic N) is 5. The fraction of sp³-hybridized carbons (Fsp3) is 0.200. The van der Waals surface area contributed by atoms with Crippen molar-refractivity contribution in [1.82, 2.24) is 24.8 Å². The van der Waals surface area contributed by atoms with E-state index < -0.39 is 35.3 Å². The number of imide groups is 1. The molecule has 1 atom stereocenters. The number of amides is 4. The second-order valence-electron chi connectivity index (χ2n) is 10.4. The van der Waals surface area contributed by atoms with Crippen molar-refractivity contribution in [2.75, 3.05) is 18.4 Å². The van der Waals surface area contributed by atoms with Crippen molar-refractivity contribution in [3.05, 3.63) is 111 Å². The number of likely N-dealkylation sites (tertiary alicyclic amines) is 1. The lowest BCUT2D eigenvalue weighted by Crippen LogP contribution is -2.63. The van der Waals surface area contributed by atoms with Gasteiger partial charge in [0.25, 0.3) is 11.8 Å². The Labute approximate surface area is 255 Å². The number of alkyl halides is 1. The Morgan fingerprint density at radius 2 is 1.53 bits per heavy atom. The topological polar surface area (TPSA) is 118 Å². The van der Waals surface area contributed by atoms with Crippen LogP contribution in [-0.4, -0.2) is 67.6 Å². The van der Waals surface area contributed by atoms with E-state index in [0.717, 1.165) is 10.5 Å². The van der Waals surface area contributed by atoms with Gasteiger partial charge in [-0.1, -0.05) is 70.9 Å². The molecule has 0 saturated carbocycles. The zero-order chi connectivity index (χ0) is 30.3. The van der Waals surface area contributed by atoms with E-state index in [1.807, 2.05) is 6.07 Å². The Kier molecular flexibility index (Phi) is 7.45. The number of anilines is 1. The van der Waals surface area contributed by atoms with Crippen molar-refractivity contribution in [2.24, 2.45) is 0 Å². The van der Waals surface area contributed by atoms with Gasteiger partial charge in [0.2, 0.25) is 11.8 Å². The number of hydrogen-bond donors (Lipinski definition) is 1. The minimum atomic E-state index is -2.02. The van der Waals surface area contributed by atoms with E-state index in [1.54, 1.807) is 48.5 Å². The number of carbonyl (C=O) groups is 4. The van der Waals surface area contributed by atoms with Gasteiger partial charge < -0.3 is 10.2 Å². The van der Waals surface area contributed by atoms with Gasteiger partial charge in [-0.15, -0.1) is 5.10 Å². The molecule has 4 aromatic rings. The largest absolute Gasteiger partial charge is 0.333 e. The van der Waals surface area contributed by atoms with Crippen LogP contribution in [-0.2, 0) is 28.2 Å². The fourth-order valence-corrected chi connectivity index (χ4v) is 5.79. The molecule has 6 rings (SSSR count). The number of carbonyl (C=O) groups excluding carboxylic acids is 4. The van der Waals surface area contributed by atoms with Crippen LogP contribution in [0, 0.1) is 0 Å². The van der Waals surface area contributed by atoms with Gasteiger partial charge in [0.1, 0.15) is 18.3 Å². The highest BCUT2D eigenvalue weighted by atomic mass is 35.5. The molecule has 4 amide bonds. The average molecular weight is 621 g/mol. The summed E-state index contributed by atoms with van der Waals surface area (Å²) in [7, 11) is 0. The minimum Gasteiger partial charge on any atom is -0.333 e. The van der Waals surface area contributed by atoms with Crippen LogP contribution in [0.3, 0.4) is 0 Å². The summed E-state index contributed by atoms with van der Waals surface area (Å²) in [6.07, 6.45) is 1.38. The van der Waals surface area contributed by atoms with Gasteiger partial charge in [0.05, 0.1) is 30.4 Å². The lowest BCUT2D eigenvalue weighted by molar-refractivity contribution is -0.150. The molecule has 1 unspecified atom stereocenters. The highest BCUT2D eigenvalue weighted by Crippen LogP contribution is 2.36. The molecule has 13 heteroatoms. The van der Waals surface area contributed by atoms with Crippen LogP contribution in [0.2, 0.25) is 10.0 Å². The highest BCUT2D eigenvalue weighted by Gasteiger charge is 2.53. The minimum absolute atomic E-state index is 0.0458. The molecule has 1 N–H and O–H groups in total. The van der Waals surface area contributed by atoms with Gasteiger partial charge in [-0.3, -0.25) is 24.1 Å².